The molecule has 1 fully saturated rings. The maximum Gasteiger partial charge on any atom is 0.321 e. The normalized spacial score (nSPS) is 23.3. The third kappa shape index (κ3) is 2.10. The first-order valence-corrected chi connectivity index (χ1v) is 5.94. The monoisotopic (exact) mass is 248 g/mol. The largest absolute Gasteiger partial charge is 0.497 e. The molecule has 0 spiro atoms. The molecule has 1 saturated heterocycles. The lowest BCUT2D eigenvalue weighted by molar-refractivity contribution is -0.153. The summed E-state index contributed by atoms with van der Waals surface area (Å²) in [7, 11) is 1.57. The van der Waals surface area contributed by atoms with Crippen LogP contribution in [0.1, 0.15) is 25.3 Å². The first kappa shape index (κ1) is 12.6. The van der Waals surface area contributed by atoms with E-state index in [1.54, 1.807) is 19.2 Å². The lowest BCUT2D eigenvalue weighted by Crippen LogP contribution is -2.21. The Morgan fingerprint density at radius 1 is 1.22 bits per heavy atom. The zero-order chi connectivity index (χ0) is 13.3. The van der Waals surface area contributed by atoms with E-state index in [9.17, 15) is 9.59 Å². The third-order valence-electron chi connectivity index (χ3n) is 3.26. The van der Waals surface area contributed by atoms with Crippen LogP contribution in [0.15, 0.2) is 24.3 Å². The molecule has 0 radical (unpaired) electrons. The van der Waals surface area contributed by atoms with Crippen LogP contribution < -0.4 is 4.74 Å². The molecule has 2 unspecified atom stereocenters. The Kier molecular flexibility index (Phi) is 3.36. The van der Waals surface area contributed by atoms with Gasteiger partial charge in [0.2, 0.25) is 0 Å². The second kappa shape index (κ2) is 4.80. The van der Waals surface area contributed by atoms with Gasteiger partial charge in [-0.3, -0.25) is 9.59 Å². The predicted molar refractivity (Wildman–Crippen MR) is 65.2 cm³/mol. The molecule has 1 aliphatic heterocycles. The van der Waals surface area contributed by atoms with Gasteiger partial charge in [0.05, 0.1) is 18.9 Å². The third-order valence-corrected chi connectivity index (χ3v) is 3.26. The number of cyclic esters (lactones) is 2. The molecular weight excluding hydrogens is 232 g/mol. The van der Waals surface area contributed by atoms with Gasteiger partial charge in [-0.25, -0.2) is 0 Å². The first-order chi connectivity index (χ1) is 8.54. The summed E-state index contributed by atoms with van der Waals surface area (Å²) < 4.78 is 9.89. The standard InChI is InChI=1S/C14H16O4/c1-8(2)11-12(14(16)18-13(11)15)9-5-4-6-10(7-9)17-3/h4-8,11-12H,1-3H3. The average molecular weight is 248 g/mol. The molecule has 18 heavy (non-hydrogen) atoms. The van der Waals surface area contributed by atoms with Gasteiger partial charge in [-0.1, -0.05) is 26.0 Å². The number of esters is 2. The van der Waals surface area contributed by atoms with E-state index in [0.717, 1.165) is 5.56 Å². The van der Waals surface area contributed by atoms with E-state index < -0.39 is 23.8 Å². The molecule has 0 aliphatic carbocycles. The van der Waals surface area contributed by atoms with Crippen LogP contribution in [-0.2, 0) is 14.3 Å². The van der Waals surface area contributed by atoms with Crippen LogP contribution in [0.25, 0.3) is 0 Å². The topological polar surface area (TPSA) is 52.6 Å². The molecule has 0 N–H and O–H groups in total. The van der Waals surface area contributed by atoms with Crippen molar-refractivity contribution in [2.75, 3.05) is 7.11 Å². The maximum atomic E-state index is 11.8. The van der Waals surface area contributed by atoms with Crippen molar-refractivity contribution in [2.45, 2.75) is 19.8 Å². The summed E-state index contributed by atoms with van der Waals surface area (Å²) in [6.07, 6.45) is 0. The van der Waals surface area contributed by atoms with E-state index in [2.05, 4.69) is 0 Å². The molecule has 1 aliphatic rings. The second-order valence-electron chi connectivity index (χ2n) is 4.76. The molecule has 2 rings (SSSR count). The average Bonchev–Trinajstić information content (AvgIpc) is 2.64. The summed E-state index contributed by atoms with van der Waals surface area (Å²) in [6, 6.07) is 7.21. The van der Waals surface area contributed by atoms with Crippen molar-refractivity contribution in [3.8, 4) is 5.75 Å². The summed E-state index contributed by atoms with van der Waals surface area (Å²) >= 11 is 0. The van der Waals surface area contributed by atoms with Gasteiger partial charge in [0, 0.05) is 0 Å². The van der Waals surface area contributed by atoms with Crippen molar-refractivity contribution >= 4 is 11.9 Å². The van der Waals surface area contributed by atoms with Crippen molar-refractivity contribution in [3.05, 3.63) is 29.8 Å². The fraction of sp³-hybridized carbons (Fsp3) is 0.429. The minimum atomic E-state index is -0.521. The summed E-state index contributed by atoms with van der Waals surface area (Å²) in [5.41, 5.74) is 0.768. The molecule has 0 saturated carbocycles. The van der Waals surface area contributed by atoms with E-state index in [-0.39, 0.29) is 5.92 Å². The number of carbonyl (C=O) groups excluding carboxylic acids is 2. The number of hydrogen-bond acceptors (Lipinski definition) is 4. The van der Waals surface area contributed by atoms with Crippen LogP contribution >= 0.6 is 0 Å². The highest BCUT2D eigenvalue weighted by atomic mass is 16.6. The minimum absolute atomic E-state index is 0.0557. The van der Waals surface area contributed by atoms with Gasteiger partial charge in [0.25, 0.3) is 0 Å². The van der Waals surface area contributed by atoms with E-state index >= 15 is 0 Å². The Morgan fingerprint density at radius 2 is 1.94 bits per heavy atom. The van der Waals surface area contributed by atoms with Gasteiger partial charge in [0.15, 0.2) is 0 Å². The molecule has 4 heteroatoms. The number of carbonyl (C=O) groups is 2. The van der Waals surface area contributed by atoms with Crippen molar-refractivity contribution in [2.24, 2.45) is 11.8 Å². The quantitative estimate of drug-likeness (QED) is 0.607. The van der Waals surface area contributed by atoms with Crippen molar-refractivity contribution in [1.29, 1.82) is 0 Å². The molecule has 96 valence electrons. The van der Waals surface area contributed by atoms with Gasteiger partial charge < -0.3 is 9.47 Å². The van der Waals surface area contributed by atoms with E-state index in [4.69, 9.17) is 9.47 Å². The Hall–Kier alpha value is -1.84. The maximum absolute atomic E-state index is 11.8. The second-order valence-corrected chi connectivity index (χ2v) is 4.76. The Morgan fingerprint density at radius 3 is 2.56 bits per heavy atom. The fourth-order valence-corrected chi connectivity index (χ4v) is 2.35. The van der Waals surface area contributed by atoms with Gasteiger partial charge in [-0.05, 0) is 23.6 Å². The van der Waals surface area contributed by atoms with Gasteiger partial charge >= 0.3 is 11.9 Å². The van der Waals surface area contributed by atoms with Crippen molar-refractivity contribution < 1.29 is 19.1 Å². The Balaban J connectivity index is 2.40. The summed E-state index contributed by atoms with van der Waals surface area (Å²) in [5.74, 6) is -1.10. The zero-order valence-electron chi connectivity index (χ0n) is 10.7. The van der Waals surface area contributed by atoms with E-state index in [0.29, 0.717) is 5.75 Å². The number of benzene rings is 1. The van der Waals surface area contributed by atoms with Crippen LogP contribution in [0, 0.1) is 11.8 Å². The van der Waals surface area contributed by atoms with Crippen LogP contribution in [0.4, 0.5) is 0 Å². The Bertz CT molecular complexity index is 478. The molecule has 0 amide bonds. The number of ether oxygens (including phenoxy) is 2. The number of hydrogen-bond donors (Lipinski definition) is 0. The molecular formula is C14H16O4. The predicted octanol–water partition coefficient (Wildman–Crippen LogP) is 2.13. The summed E-state index contributed by atoms with van der Waals surface area (Å²) in [5, 5.41) is 0. The molecule has 1 aromatic carbocycles. The summed E-state index contributed by atoms with van der Waals surface area (Å²) in [4.78, 5) is 23.5. The van der Waals surface area contributed by atoms with Crippen molar-refractivity contribution in [1.82, 2.24) is 0 Å². The lowest BCUT2D eigenvalue weighted by Gasteiger charge is -2.17. The summed E-state index contributed by atoms with van der Waals surface area (Å²) in [6.45, 7) is 3.83. The fourth-order valence-electron chi connectivity index (χ4n) is 2.35. The van der Waals surface area contributed by atoms with Crippen LogP contribution in [0.2, 0.25) is 0 Å². The molecule has 0 aromatic heterocycles. The highest BCUT2D eigenvalue weighted by Crippen LogP contribution is 2.38. The lowest BCUT2D eigenvalue weighted by atomic mass is 9.81. The Labute approximate surface area is 106 Å². The molecule has 1 aromatic rings. The van der Waals surface area contributed by atoms with Gasteiger partial charge in [-0.2, -0.15) is 0 Å². The van der Waals surface area contributed by atoms with Crippen LogP contribution in [0.3, 0.4) is 0 Å². The highest BCUT2D eigenvalue weighted by Gasteiger charge is 2.46. The van der Waals surface area contributed by atoms with Gasteiger partial charge in [0.1, 0.15) is 5.75 Å². The number of rotatable bonds is 3. The highest BCUT2D eigenvalue weighted by molar-refractivity contribution is 5.99. The van der Waals surface area contributed by atoms with Crippen LogP contribution in [-0.4, -0.2) is 19.0 Å². The number of methoxy groups -OCH3 is 1. The van der Waals surface area contributed by atoms with E-state index in [1.165, 1.54) is 0 Å². The first-order valence-electron chi connectivity index (χ1n) is 5.94. The molecule has 2 atom stereocenters. The molecule has 0 bridgehead atoms. The van der Waals surface area contributed by atoms with Gasteiger partial charge in [-0.15, -0.1) is 0 Å². The van der Waals surface area contributed by atoms with Crippen LogP contribution in [0.5, 0.6) is 5.75 Å². The minimum Gasteiger partial charge on any atom is -0.497 e. The van der Waals surface area contributed by atoms with E-state index in [1.807, 2.05) is 26.0 Å². The zero-order valence-corrected chi connectivity index (χ0v) is 10.7. The smallest absolute Gasteiger partial charge is 0.321 e. The van der Waals surface area contributed by atoms with Crippen molar-refractivity contribution in [3.63, 3.8) is 0 Å². The SMILES string of the molecule is COc1cccc(C2C(=O)OC(=O)C2C(C)C)c1. The molecule has 1 heterocycles. The molecule has 4 nitrogen and oxygen atoms in total.